The highest BCUT2D eigenvalue weighted by molar-refractivity contribution is 5.81. The molecule has 4 rings (SSSR count). The molecule has 0 aliphatic heterocycles. The quantitative estimate of drug-likeness (QED) is 0.556. The third-order valence-electron chi connectivity index (χ3n) is 4.73. The number of aromatic nitrogens is 4. The first kappa shape index (κ1) is 16.3. The van der Waals surface area contributed by atoms with Gasteiger partial charge in [0.05, 0.1) is 23.3 Å². The number of para-hydroxylation sites is 1. The molecule has 26 heavy (non-hydrogen) atoms. The first-order chi connectivity index (χ1) is 12.5. The molecule has 5 nitrogen and oxygen atoms in total. The van der Waals surface area contributed by atoms with Crippen molar-refractivity contribution in [2.45, 2.75) is 27.7 Å². The van der Waals surface area contributed by atoms with Crippen molar-refractivity contribution in [1.82, 2.24) is 19.6 Å². The van der Waals surface area contributed by atoms with Gasteiger partial charge in [-0.3, -0.25) is 4.79 Å². The lowest BCUT2D eigenvalue weighted by atomic mass is 10.1. The number of rotatable bonds is 2. The van der Waals surface area contributed by atoms with Crippen LogP contribution in [0.1, 0.15) is 22.4 Å². The van der Waals surface area contributed by atoms with Gasteiger partial charge in [-0.1, -0.05) is 35.9 Å². The van der Waals surface area contributed by atoms with Gasteiger partial charge in [-0.2, -0.15) is 14.9 Å². The van der Waals surface area contributed by atoms with Crippen molar-refractivity contribution in [3.63, 3.8) is 0 Å². The largest absolute Gasteiger partial charge is 0.298 e. The van der Waals surface area contributed by atoms with E-state index in [4.69, 9.17) is 0 Å². The Morgan fingerprint density at radius 1 is 0.846 bits per heavy atom. The maximum Gasteiger partial charge on any atom is 0.298 e. The molecule has 0 aliphatic rings. The van der Waals surface area contributed by atoms with Crippen LogP contribution in [0.5, 0.6) is 0 Å². The molecule has 0 saturated carbocycles. The molecule has 0 bridgehead atoms. The summed E-state index contributed by atoms with van der Waals surface area (Å²) in [6.45, 7) is 7.97. The van der Waals surface area contributed by atoms with Gasteiger partial charge in [-0.25, -0.2) is 4.68 Å². The first-order valence-corrected chi connectivity index (χ1v) is 8.58. The van der Waals surface area contributed by atoms with E-state index in [-0.39, 0.29) is 5.56 Å². The fourth-order valence-electron chi connectivity index (χ4n) is 3.36. The van der Waals surface area contributed by atoms with Gasteiger partial charge in [-0.15, -0.1) is 0 Å². The Balaban J connectivity index is 2.07. The van der Waals surface area contributed by atoms with Gasteiger partial charge in [0.1, 0.15) is 5.52 Å². The second kappa shape index (κ2) is 5.95. The van der Waals surface area contributed by atoms with Crippen molar-refractivity contribution < 1.29 is 0 Å². The van der Waals surface area contributed by atoms with Crippen LogP contribution in [0.25, 0.3) is 22.3 Å². The molecule has 0 N–H and O–H groups in total. The molecule has 2 aromatic heterocycles. The molecule has 0 radical (unpaired) electrons. The summed E-state index contributed by atoms with van der Waals surface area (Å²) in [5, 5.41) is 9.80. The van der Waals surface area contributed by atoms with Gasteiger partial charge < -0.3 is 0 Å². The summed E-state index contributed by atoms with van der Waals surface area (Å²) in [7, 11) is 0. The molecule has 0 spiro atoms. The Hall–Kier alpha value is -3.21. The fourth-order valence-corrected chi connectivity index (χ4v) is 3.36. The third kappa shape index (κ3) is 2.44. The smallest absolute Gasteiger partial charge is 0.265 e. The SMILES string of the molecule is Cc1ccc(-n2ncc3c(C)nn(-c4ccccc4C)c(=O)c32)c(C)c1. The van der Waals surface area contributed by atoms with Gasteiger partial charge >= 0.3 is 0 Å². The van der Waals surface area contributed by atoms with Crippen LogP contribution in [0.4, 0.5) is 0 Å². The molecule has 130 valence electrons. The molecule has 0 fully saturated rings. The number of benzene rings is 2. The Kier molecular flexibility index (Phi) is 3.72. The summed E-state index contributed by atoms with van der Waals surface area (Å²) in [6, 6.07) is 13.9. The minimum Gasteiger partial charge on any atom is -0.265 e. The lowest BCUT2D eigenvalue weighted by Crippen LogP contribution is -2.24. The summed E-state index contributed by atoms with van der Waals surface area (Å²) >= 11 is 0. The molecule has 0 unspecified atom stereocenters. The number of nitrogens with zero attached hydrogens (tertiary/aromatic N) is 4. The maximum atomic E-state index is 13.3. The number of fused-ring (bicyclic) bond motifs is 1. The van der Waals surface area contributed by atoms with Crippen LogP contribution >= 0.6 is 0 Å². The number of hydrogen-bond donors (Lipinski definition) is 0. The predicted octanol–water partition coefficient (Wildman–Crippen LogP) is 3.81. The van der Waals surface area contributed by atoms with Crippen LogP contribution in [0.2, 0.25) is 0 Å². The molecule has 0 aliphatic carbocycles. The summed E-state index contributed by atoms with van der Waals surface area (Å²) in [5.41, 5.74) is 6.10. The molecule has 0 amide bonds. The second-order valence-electron chi connectivity index (χ2n) is 6.70. The Labute approximate surface area is 151 Å². The highest BCUT2D eigenvalue weighted by Gasteiger charge is 2.17. The van der Waals surface area contributed by atoms with Gasteiger partial charge in [0.2, 0.25) is 0 Å². The normalized spacial score (nSPS) is 11.2. The second-order valence-corrected chi connectivity index (χ2v) is 6.70. The van der Waals surface area contributed by atoms with Gasteiger partial charge in [-0.05, 0) is 51.0 Å². The molecular formula is C21H20N4O. The standard InChI is InChI=1S/C21H20N4O/c1-13-9-10-19(15(3)11-13)24-20-17(12-22-24)16(4)23-25(21(20)26)18-8-6-5-7-14(18)2/h5-12H,1-4H3. The topological polar surface area (TPSA) is 52.7 Å². The van der Waals surface area contributed by atoms with E-state index in [1.54, 1.807) is 10.9 Å². The monoisotopic (exact) mass is 344 g/mol. The Morgan fingerprint density at radius 3 is 2.31 bits per heavy atom. The van der Waals surface area contributed by atoms with Gasteiger partial charge in [0, 0.05) is 5.39 Å². The van der Waals surface area contributed by atoms with E-state index in [1.807, 2.05) is 57.2 Å². The summed E-state index contributed by atoms with van der Waals surface area (Å²) in [6.07, 6.45) is 1.72. The van der Waals surface area contributed by atoms with Crippen molar-refractivity contribution in [2.75, 3.05) is 0 Å². The third-order valence-corrected chi connectivity index (χ3v) is 4.73. The van der Waals surface area contributed by atoms with E-state index in [0.717, 1.165) is 33.6 Å². The van der Waals surface area contributed by atoms with Crippen LogP contribution in [-0.4, -0.2) is 19.6 Å². The molecule has 4 aromatic rings. The van der Waals surface area contributed by atoms with Crippen LogP contribution in [0.3, 0.4) is 0 Å². The van der Waals surface area contributed by atoms with Crippen molar-refractivity contribution >= 4 is 10.9 Å². The fraction of sp³-hybridized carbons (Fsp3) is 0.190. The lowest BCUT2D eigenvalue weighted by Gasteiger charge is -2.11. The van der Waals surface area contributed by atoms with E-state index in [1.165, 1.54) is 10.2 Å². The average molecular weight is 344 g/mol. The highest BCUT2D eigenvalue weighted by atomic mass is 16.1. The molecule has 2 heterocycles. The number of hydrogen-bond acceptors (Lipinski definition) is 3. The summed E-state index contributed by atoms with van der Waals surface area (Å²) in [5.74, 6) is 0. The van der Waals surface area contributed by atoms with E-state index in [9.17, 15) is 4.79 Å². The average Bonchev–Trinajstić information content (AvgIpc) is 3.04. The number of aryl methyl sites for hydroxylation is 4. The van der Waals surface area contributed by atoms with Crippen molar-refractivity contribution in [2.24, 2.45) is 0 Å². The van der Waals surface area contributed by atoms with E-state index < -0.39 is 0 Å². The Morgan fingerprint density at radius 2 is 1.58 bits per heavy atom. The van der Waals surface area contributed by atoms with Crippen molar-refractivity contribution in [3.05, 3.63) is 81.4 Å². The summed E-state index contributed by atoms with van der Waals surface area (Å²) < 4.78 is 3.21. The van der Waals surface area contributed by atoms with Crippen LogP contribution < -0.4 is 5.56 Å². The van der Waals surface area contributed by atoms with Gasteiger partial charge in [0.25, 0.3) is 5.56 Å². The van der Waals surface area contributed by atoms with Crippen LogP contribution in [0.15, 0.2) is 53.5 Å². The van der Waals surface area contributed by atoms with Crippen molar-refractivity contribution in [3.8, 4) is 11.4 Å². The van der Waals surface area contributed by atoms with E-state index >= 15 is 0 Å². The van der Waals surface area contributed by atoms with Crippen molar-refractivity contribution in [1.29, 1.82) is 0 Å². The van der Waals surface area contributed by atoms with E-state index in [2.05, 4.69) is 23.2 Å². The zero-order valence-electron chi connectivity index (χ0n) is 15.3. The van der Waals surface area contributed by atoms with E-state index in [0.29, 0.717) is 5.52 Å². The lowest BCUT2D eigenvalue weighted by molar-refractivity contribution is 0.785. The molecular weight excluding hydrogens is 324 g/mol. The van der Waals surface area contributed by atoms with Gasteiger partial charge in [0.15, 0.2) is 0 Å². The van der Waals surface area contributed by atoms with Crippen LogP contribution in [0, 0.1) is 27.7 Å². The van der Waals surface area contributed by atoms with Crippen LogP contribution in [-0.2, 0) is 0 Å². The minimum atomic E-state index is -0.169. The molecule has 0 atom stereocenters. The predicted molar refractivity (Wildman–Crippen MR) is 103 cm³/mol. The maximum absolute atomic E-state index is 13.3. The Bertz CT molecular complexity index is 1200. The zero-order valence-corrected chi connectivity index (χ0v) is 15.3. The first-order valence-electron chi connectivity index (χ1n) is 8.58. The highest BCUT2D eigenvalue weighted by Crippen LogP contribution is 2.21. The summed E-state index contributed by atoms with van der Waals surface area (Å²) in [4.78, 5) is 13.3. The molecule has 5 heteroatoms. The minimum absolute atomic E-state index is 0.169. The zero-order chi connectivity index (χ0) is 18.4. The molecule has 2 aromatic carbocycles. The molecule has 0 saturated heterocycles.